The zero-order valence-corrected chi connectivity index (χ0v) is 13.2. The maximum absolute atomic E-state index is 11.2. The van der Waals surface area contributed by atoms with Gasteiger partial charge >= 0.3 is 0 Å². The summed E-state index contributed by atoms with van der Waals surface area (Å²) in [7, 11) is 1.50. The lowest BCUT2D eigenvalue weighted by atomic mass is 10.1. The molecule has 0 unspecified atom stereocenters. The van der Waals surface area contributed by atoms with Crippen molar-refractivity contribution in [2.75, 3.05) is 7.11 Å². The Morgan fingerprint density at radius 2 is 1.84 bits per heavy atom. The van der Waals surface area contributed by atoms with E-state index in [2.05, 4.69) is 0 Å². The Morgan fingerprint density at radius 3 is 2.48 bits per heavy atom. The molecule has 7 nitrogen and oxygen atoms in total. The predicted molar refractivity (Wildman–Crippen MR) is 89.3 cm³/mol. The van der Waals surface area contributed by atoms with Gasteiger partial charge in [0.2, 0.25) is 0 Å². The van der Waals surface area contributed by atoms with Gasteiger partial charge in [-0.1, -0.05) is 12.1 Å². The van der Waals surface area contributed by atoms with E-state index in [1.165, 1.54) is 25.3 Å². The number of nitro groups is 1. The molecule has 0 atom stereocenters. The molecule has 0 spiro atoms. The van der Waals surface area contributed by atoms with E-state index in [9.17, 15) is 14.9 Å². The summed E-state index contributed by atoms with van der Waals surface area (Å²) >= 11 is 0. The Balaban J connectivity index is 2.04. The maximum atomic E-state index is 11.2. The van der Waals surface area contributed by atoms with Gasteiger partial charge in [-0.2, -0.15) is 0 Å². The average molecular weight is 339 g/mol. The molecule has 0 N–H and O–H groups in total. The summed E-state index contributed by atoms with van der Waals surface area (Å²) in [4.78, 5) is 21.5. The molecule has 0 amide bonds. The molecule has 0 aliphatic rings. The van der Waals surface area contributed by atoms with Gasteiger partial charge in [0, 0.05) is 11.6 Å². The lowest BCUT2D eigenvalue weighted by Crippen LogP contribution is -1.93. The zero-order chi connectivity index (χ0) is 17.8. The number of ether oxygens (including phenoxy) is 2. The summed E-state index contributed by atoms with van der Waals surface area (Å²) in [6.45, 7) is 0. The van der Waals surface area contributed by atoms with Gasteiger partial charge in [-0.15, -0.1) is 0 Å². The first kappa shape index (κ1) is 16.3. The number of carbonyl (C=O) groups excluding carboxylic acids is 1. The molecule has 25 heavy (non-hydrogen) atoms. The molecule has 126 valence electrons. The summed E-state index contributed by atoms with van der Waals surface area (Å²) in [5, 5.41) is 11.2. The normalized spacial score (nSPS) is 10.3. The molecular weight excluding hydrogens is 326 g/mol. The van der Waals surface area contributed by atoms with Crippen LogP contribution in [0.2, 0.25) is 0 Å². The number of non-ortho nitro benzene ring substituents is 1. The van der Waals surface area contributed by atoms with E-state index in [0.29, 0.717) is 29.1 Å². The molecule has 1 heterocycles. The van der Waals surface area contributed by atoms with Crippen molar-refractivity contribution in [2.24, 2.45) is 0 Å². The summed E-state index contributed by atoms with van der Waals surface area (Å²) in [6.07, 6.45) is 0.563. The first-order chi connectivity index (χ1) is 12.1. The van der Waals surface area contributed by atoms with Crippen LogP contribution in [0, 0.1) is 10.1 Å². The highest BCUT2D eigenvalue weighted by Crippen LogP contribution is 2.36. The minimum Gasteiger partial charge on any atom is -0.493 e. The third kappa shape index (κ3) is 3.50. The second-order valence-electron chi connectivity index (χ2n) is 5.05. The molecule has 0 bridgehead atoms. The smallest absolute Gasteiger partial charge is 0.273 e. The fourth-order valence-electron chi connectivity index (χ4n) is 2.29. The number of benzene rings is 2. The van der Waals surface area contributed by atoms with Crippen LogP contribution in [-0.4, -0.2) is 18.3 Å². The molecule has 0 radical (unpaired) electrons. The van der Waals surface area contributed by atoms with Crippen molar-refractivity contribution in [1.82, 2.24) is 0 Å². The van der Waals surface area contributed by atoms with Crippen molar-refractivity contribution < 1.29 is 23.6 Å². The quantitative estimate of drug-likeness (QED) is 0.374. The highest BCUT2D eigenvalue weighted by molar-refractivity contribution is 5.73. The Labute approximate surface area is 142 Å². The fraction of sp³-hybridized carbons (Fsp3) is 0.0556. The number of aldehydes is 1. The molecular formula is C18H13NO6. The van der Waals surface area contributed by atoms with Crippen molar-refractivity contribution in [2.45, 2.75) is 0 Å². The number of nitrogens with zero attached hydrogens (tertiary/aromatic N) is 1. The standard InChI is InChI=1S/C18H13NO6/c1-23-17-4-2-3-5-18(17)25-15-9-12(8-13(10-15)19(21)22)16-7-6-14(11-20)24-16/h2-11H,1H3. The van der Waals surface area contributed by atoms with Crippen molar-refractivity contribution in [3.63, 3.8) is 0 Å². The maximum Gasteiger partial charge on any atom is 0.273 e. The van der Waals surface area contributed by atoms with Crippen molar-refractivity contribution in [3.8, 4) is 28.6 Å². The lowest BCUT2D eigenvalue weighted by molar-refractivity contribution is -0.384. The van der Waals surface area contributed by atoms with Crippen LogP contribution in [-0.2, 0) is 0 Å². The Morgan fingerprint density at radius 1 is 1.08 bits per heavy atom. The molecule has 0 aliphatic carbocycles. The topological polar surface area (TPSA) is 91.8 Å². The Hall–Kier alpha value is -3.61. The van der Waals surface area contributed by atoms with E-state index in [4.69, 9.17) is 13.9 Å². The number of furan rings is 1. The summed E-state index contributed by atoms with van der Waals surface area (Å²) in [5.41, 5.74) is 0.263. The molecule has 2 aromatic carbocycles. The third-order valence-electron chi connectivity index (χ3n) is 3.43. The Kier molecular flexibility index (Phi) is 4.47. The molecule has 7 heteroatoms. The van der Waals surface area contributed by atoms with E-state index in [1.54, 1.807) is 36.4 Å². The largest absolute Gasteiger partial charge is 0.493 e. The number of carbonyl (C=O) groups is 1. The van der Waals surface area contributed by atoms with E-state index in [1.807, 2.05) is 0 Å². The second kappa shape index (κ2) is 6.88. The van der Waals surface area contributed by atoms with Crippen LogP contribution in [0.3, 0.4) is 0 Å². The van der Waals surface area contributed by atoms with Crippen LogP contribution < -0.4 is 9.47 Å². The Bertz CT molecular complexity index is 931. The van der Waals surface area contributed by atoms with Crippen molar-refractivity contribution in [1.29, 1.82) is 0 Å². The highest BCUT2D eigenvalue weighted by Gasteiger charge is 2.15. The summed E-state index contributed by atoms with van der Waals surface area (Å²) < 4.78 is 16.3. The second-order valence-corrected chi connectivity index (χ2v) is 5.05. The molecule has 3 aromatic rings. The van der Waals surface area contributed by atoms with E-state index < -0.39 is 4.92 Å². The van der Waals surface area contributed by atoms with Crippen molar-refractivity contribution >= 4 is 12.0 Å². The minimum absolute atomic E-state index is 0.133. The monoisotopic (exact) mass is 339 g/mol. The minimum atomic E-state index is -0.526. The average Bonchev–Trinajstić information content (AvgIpc) is 3.11. The molecule has 0 fully saturated rings. The summed E-state index contributed by atoms with van der Waals surface area (Å²) in [5.74, 6) is 1.63. The van der Waals surface area contributed by atoms with Gasteiger partial charge in [0.25, 0.3) is 5.69 Å². The van der Waals surface area contributed by atoms with Crippen molar-refractivity contribution in [3.05, 3.63) is 70.5 Å². The van der Waals surface area contributed by atoms with Gasteiger partial charge in [0.1, 0.15) is 11.5 Å². The number of methoxy groups -OCH3 is 1. The molecule has 1 aromatic heterocycles. The van der Waals surface area contributed by atoms with Crippen LogP contribution in [0.1, 0.15) is 10.6 Å². The number of para-hydroxylation sites is 2. The van der Waals surface area contributed by atoms with Gasteiger partial charge in [-0.25, -0.2) is 0 Å². The molecule has 0 aliphatic heterocycles. The molecule has 0 saturated carbocycles. The number of rotatable bonds is 6. The third-order valence-corrected chi connectivity index (χ3v) is 3.43. The van der Waals surface area contributed by atoms with Crippen LogP contribution in [0.25, 0.3) is 11.3 Å². The number of hydrogen-bond acceptors (Lipinski definition) is 6. The summed E-state index contributed by atoms with van der Waals surface area (Å²) in [6, 6.07) is 14.3. The van der Waals surface area contributed by atoms with Gasteiger partial charge in [0.15, 0.2) is 23.5 Å². The SMILES string of the molecule is COc1ccccc1Oc1cc(-c2ccc(C=O)o2)cc([N+](=O)[O-])c1. The van der Waals surface area contributed by atoms with Crippen LogP contribution in [0.4, 0.5) is 5.69 Å². The van der Waals surface area contributed by atoms with Gasteiger partial charge in [-0.05, 0) is 30.3 Å². The highest BCUT2D eigenvalue weighted by atomic mass is 16.6. The number of nitro benzene ring substituents is 1. The zero-order valence-electron chi connectivity index (χ0n) is 13.2. The van der Waals surface area contributed by atoms with E-state index in [0.717, 1.165) is 0 Å². The van der Waals surface area contributed by atoms with Gasteiger partial charge in [-0.3, -0.25) is 14.9 Å². The molecule has 3 rings (SSSR count). The van der Waals surface area contributed by atoms with Gasteiger partial charge in [0.05, 0.1) is 18.1 Å². The lowest BCUT2D eigenvalue weighted by Gasteiger charge is -2.10. The first-order valence-electron chi connectivity index (χ1n) is 7.26. The number of hydrogen-bond donors (Lipinski definition) is 0. The van der Waals surface area contributed by atoms with Crippen LogP contribution >= 0.6 is 0 Å². The fourth-order valence-corrected chi connectivity index (χ4v) is 2.29. The van der Waals surface area contributed by atoms with Crippen LogP contribution in [0.5, 0.6) is 17.2 Å². The van der Waals surface area contributed by atoms with E-state index in [-0.39, 0.29) is 17.2 Å². The molecule has 0 saturated heterocycles. The van der Waals surface area contributed by atoms with E-state index >= 15 is 0 Å². The van der Waals surface area contributed by atoms with Crippen LogP contribution in [0.15, 0.2) is 59.0 Å². The first-order valence-corrected chi connectivity index (χ1v) is 7.26. The predicted octanol–water partition coefficient (Wildman–Crippen LogP) is 4.47. The van der Waals surface area contributed by atoms with Gasteiger partial charge < -0.3 is 13.9 Å².